The molecule has 0 bridgehead atoms. The van der Waals surface area contributed by atoms with Gasteiger partial charge in [0.2, 0.25) is 0 Å². The van der Waals surface area contributed by atoms with Crippen molar-refractivity contribution in [1.29, 1.82) is 0 Å². The average Bonchev–Trinajstić information content (AvgIpc) is 2.29. The molecule has 0 amide bonds. The van der Waals surface area contributed by atoms with Gasteiger partial charge >= 0.3 is 0 Å². The first-order chi connectivity index (χ1) is 7.30. The van der Waals surface area contributed by atoms with Crippen molar-refractivity contribution < 1.29 is 14.2 Å². The molecule has 0 aromatic heterocycles. The van der Waals surface area contributed by atoms with E-state index in [-0.39, 0.29) is 0 Å². The monoisotopic (exact) mass is 206 g/mol. The topological polar surface area (TPSA) is 27.7 Å². The Morgan fingerprint density at radius 3 is 2.20 bits per heavy atom. The van der Waals surface area contributed by atoms with Gasteiger partial charge in [-0.15, -0.1) is 6.42 Å². The summed E-state index contributed by atoms with van der Waals surface area (Å²) in [7, 11) is 3.22. The smallest absolute Gasteiger partial charge is 0.122 e. The molecular weight excluding hydrogens is 192 g/mol. The molecule has 0 aliphatic carbocycles. The molecule has 0 fully saturated rings. The van der Waals surface area contributed by atoms with E-state index in [1.807, 2.05) is 18.2 Å². The van der Waals surface area contributed by atoms with Crippen molar-refractivity contribution in [2.24, 2.45) is 0 Å². The quantitative estimate of drug-likeness (QED) is 0.543. The van der Waals surface area contributed by atoms with E-state index in [9.17, 15) is 0 Å². The number of hydrogen-bond donors (Lipinski definition) is 0. The lowest BCUT2D eigenvalue weighted by Gasteiger charge is -2.07. The molecule has 0 atom stereocenters. The first-order valence-corrected chi connectivity index (χ1v) is 4.53. The van der Waals surface area contributed by atoms with Crippen LogP contribution in [-0.4, -0.2) is 20.8 Å². The summed E-state index contributed by atoms with van der Waals surface area (Å²) < 4.78 is 15.5. The fourth-order valence-electron chi connectivity index (χ4n) is 1.18. The van der Waals surface area contributed by atoms with E-state index in [1.54, 1.807) is 14.2 Å². The zero-order valence-corrected chi connectivity index (χ0v) is 8.95. The highest BCUT2D eigenvalue weighted by Crippen LogP contribution is 2.22. The Morgan fingerprint density at radius 1 is 1.13 bits per heavy atom. The van der Waals surface area contributed by atoms with Crippen LogP contribution in [0.1, 0.15) is 5.56 Å². The Hall–Kier alpha value is -1.66. The van der Waals surface area contributed by atoms with Gasteiger partial charge in [0, 0.05) is 6.07 Å². The molecule has 1 aromatic rings. The highest BCUT2D eigenvalue weighted by molar-refractivity contribution is 5.38. The number of benzene rings is 1. The van der Waals surface area contributed by atoms with E-state index < -0.39 is 0 Å². The molecular formula is C12H14O3. The minimum atomic E-state index is 0.305. The van der Waals surface area contributed by atoms with Crippen molar-refractivity contribution in [3.8, 4) is 23.8 Å². The fourth-order valence-corrected chi connectivity index (χ4v) is 1.18. The van der Waals surface area contributed by atoms with Gasteiger partial charge in [-0.05, 0) is 17.7 Å². The molecule has 0 unspecified atom stereocenters. The van der Waals surface area contributed by atoms with Crippen LogP contribution in [0.5, 0.6) is 11.5 Å². The van der Waals surface area contributed by atoms with Crippen LogP contribution in [0.2, 0.25) is 0 Å². The molecule has 0 N–H and O–H groups in total. The minimum absolute atomic E-state index is 0.305. The molecule has 0 radical (unpaired) electrons. The SMILES string of the molecule is C#CCOCc1cc(OC)cc(OC)c1. The number of ether oxygens (including phenoxy) is 3. The summed E-state index contributed by atoms with van der Waals surface area (Å²) >= 11 is 0. The van der Waals surface area contributed by atoms with Gasteiger partial charge in [0.1, 0.15) is 18.1 Å². The van der Waals surface area contributed by atoms with E-state index >= 15 is 0 Å². The van der Waals surface area contributed by atoms with Crippen molar-refractivity contribution in [2.75, 3.05) is 20.8 Å². The zero-order valence-electron chi connectivity index (χ0n) is 8.95. The minimum Gasteiger partial charge on any atom is -0.497 e. The summed E-state index contributed by atoms with van der Waals surface area (Å²) in [6, 6.07) is 5.59. The number of terminal acetylenes is 1. The highest BCUT2D eigenvalue weighted by atomic mass is 16.5. The predicted octanol–water partition coefficient (Wildman–Crippen LogP) is 1.85. The Kier molecular flexibility index (Phi) is 4.52. The van der Waals surface area contributed by atoms with Crippen LogP contribution in [0, 0.1) is 12.3 Å². The second kappa shape index (κ2) is 5.94. The first kappa shape index (κ1) is 11.4. The van der Waals surface area contributed by atoms with Crippen molar-refractivity contribution in [1.82, 2.24) is 0 Å². The Bertz CT molecular complexity index is 330. The molecule has 0 heterocycles. The van der Waals surface area contributed by atoms with Crippen LogP contribution in [0.15, 0.2) is 18.2 Å². The lowest BCUT2D eigenvalue weighted by atomic mass is 10.2. The zero-order chi connectivity index (χ0) is 11.1. The van der Waals surface area contributed by atoms with Crippen LogP contribution < -0.4 is 9.47 Å². The molecule has 0 saturated carbocycles. The Morgan fingerprint density at radius 2 is 1.73 bits per heavy atom. The Balaban J connectivity index is 2.74. The molecule has 1 rings (SSSR count). The van der Waals surface area contributed by atoms with Gasteiger partial charge in [-0.25, -0.2) is 0 Å². The van der Waals surface area contributed by atoms with Crippen LogP contribution in [-0.2, 0) is 11.3 Å². The van der Waals surface area contributed by atoms with Crippen molar-refractivity contribution in [3.05, 3.63) is 23.8 Å². The molecule has 0 spiro atoms. The summed E-state index contributed by atoms with van der Waals surface area (Å²) in [6.45, 7) is 0.761. The third-order valence-corrected chi connectivity index (χ3v) is 1.87. The molecule has 80 valence electrons. The largest absolute Gasteiger partial charge is 0.497 e. The average molecular weight is 206 g/mol. The van der Waals surface area contributed by atoms with Crippen LogP contribution in [0.25, 0.3) is 0 Å². The van der Waals surface area contributed by atoms with E-state index in [1.165, 1.54) is 0 Å². The first-order valence-electron chi connectivity index (χ1n) is 4.53. The van der Waals surface area contributed by atoms with Gasteiger partial charge in [0.15, 0.2) is 0 Å². The Labute approximate surface area is 90.0 Å². The third kappa shape index (κ3) is 3.53. The van der Waals surface area contributed by atoms with Crippen molar-refractivity contribution in [2.45, 2.75) is 6.61 Å². The van der Waals surface area contributed by atoms with Crippen LogP contribution in [0.4, 0.5) is 0 Å². The maximum atomic E-state index is 5.22. The van der Waals surface area contributed by atoms with Gasteiger partial charge in [0.05, 0.1) is 20.8 Å². The summed E-state index contributed by atoms with van der Waals surface area (Å²) in [5.41, 5.74) is 0.974. The van der Waals surface area contributed by atoms with E-state index in [2.05, 4.69) is 5.92 Å². The normalized spacial score (nSPS) is 9.40. The highest BCUT2D eigenvalue weighted by Gasteiger charge is 2.01. The second-order valence-electron chi connectivity index (χ2n) is 2.92. The van der Waals surface area contributed by atoms with Crippen molar-refractivity contribution >= 4 is 0 Å². The van der Waals surface area contributed by atoms with E-state index in [4.69, 9.17) is 20.6 Å². The van der Waals surface area contributed by atoms with Gasteiger partial charge in [-0.2, -0.15) is 0 Å². The molecule has 3 heteroatoms. The van der Waals surface area contributed by atoms with Crippen LogP contribution in [0.3, 0.4) is 0 Å². The van der Waals surface area contributed by atoms with Gasteiger partial charge in [0.25, 0.3) is 0 Å². The third-order valence-electron chi connectivity index (χ3n) is 1.87. The van der Waals surface area contributed by atoms with Gasteiger partial charge in [-0.3, -0.25) is 0 Å². The molecule has 0 saturated heterocycles. The van der Waals surface area contributed by atoms with Gasteiger partial charge in [-0.1, -0.05) is 5.92 Å². The maximum absolute atomic E-state index is 5.22. The number of methoxy groups -OCH3 is 2. The van der Waals surface area contributed by atoms with E-state index in [0.29, 0.717) is 13.2 Å². The van der Waals surface area contributed by atoms with Gasteiger partial charge < -0.3 is 14.2 Å². The standard InChI is InChI=1S/C12H14O3/c1-4-5-15-9-10-6-11(13-2)8-12(7-10)14-3/h1,6-8H,5,9H2,2-3H3. The fraction of sp³-hybridized carbons (Fsp3) is 0.333. The summed E-state index contributed by atoms with van der Waals surface area (Å²) in [5, 5.41) is 0. The number of hydrogen-bond acceptors (Lipinski definition) is 3. The summed E-state index contributed by atoms with van der Waals surface area (Å²) in [4.78, 5) is 0. The van der Waals surface area contributed by atoms with E-state index in [0.717, 1.165) is 17.1 Å². The lowest BCUT2D eigenvalue weighted by Crippen LogP contribution is -1.95. The predicted molar refractivity (Wildman–Crippen MR) is 58.0 cm³/mol. The molecule has 15 heavy (non-hydrogen) atoms. The molecule has 1 aromatic carbocycles. The number of rotatable bonds is 5. The lowest BCUT2D eigenvalue weighted by molar-refractivity contribution is 0.153. The molecule has 0 aliphatic rings. The summed E-state index contributed by atoms with van der Waals surface area (Å²) in [5.74, 6) is 3.90. The molecule has 3 nitrogen and oxygen atoms in total. The molecule has 0 aliphatic heterocycles. The summed E-state index contributed by atoms with van der Waals surface area (Å²) in [6.07, 6.45) is 5.08. The van der Waals surface area contributed by atoms with Crippen LogP contribution >= 0.6 is 0 Å². The van der Waals surface area contributed by atoms with Crippen molar-refractivity contribution in [3.63, 3.8) is 0 Å². The second-order valence-corrected chi connectivity index (χ2v) is 2.92. The maximum Gasteiger partial charge on any atom is 0.122 e.